The Morgan fingerprint density at radius 3 is 2.55 bits per heavy atom. The molecule has 1 heterocycles. The van der Waals surface area contributed by atoms with Gasteiger partial charge in [0, 0.05) is 23.3 Å². The van der Waals surface area contributed by atoms with Crippen LogP contribution in [0, 0.1) is 0 Å². The SMILES string of the molecule is Oc1cccc([C@H](O)CC=C=C(COc2ccccc2)C[C@@H](O)c2cccs2)c1. The Bertz CT molecular complexity index is 944. The molecule has 0 spiro atoms. The summed E-state index contributed by atoms with van der Waals surface area (Å²) in [6.07, 6.45) is 1.12. The van der Waals surface area contributed by atoms with E-state index in [2.05, 4.69) is 5.73 Å². The van der Waals surface area contributed by atoms with Gasteiger partial charge in [-0.25, -0.2) is 0 Å². The molecule has 0 radical (unpaired) electrons. The van der Waals surface area contributed by atoms with E-state index in [9.17, 15) is 15.3 Å². The topological polar surface area (TPSA) is 69.9 Å². The first-order valence-electron chi connectivity index (χ1n) is 9.41. The van der Waals surface area contributed by atoms with Gasteiger partial charge in [0.1, 0.15) is 18.1 Å². The fourth-order valence-electron chi connectivity index (χ4n) is 2.84. The molecule has 0 saturated carbocycles. The Balaban J connectivity index is 1.70. The van der Waals surface area contributed by atoms with Crippen molar-refractivity contribution in [2.45, 2.75) is 25.0 Å². The van der Waals surface area contributed by atoms with E-state index in [4.69, 9.17) is 4.74 Å². The summed E-state index contributed by atoms with van der Waals surface area (Å²) in [6.45, 7) is 0.297. The van der Waals surface area contributed by atoms with Crippen LogP contribution in [-0.2, 0) is 0 Å². The summed E-state index contributed by atoms with van der Waals surface area (Å²) in [5.74, 6) is 0.870. The molecule has 3 N–H and O–H groups in total. The van der Waals surface area contributed by atoms with E-state index >= 15 is 0 Å². The summed E-state index contributed by atoms with van der Waals surface area (Å²) in [6, 6.07) is 19.9. The highest BCUT2D eigenvalue weighted by Crippen LogP contribution is 2.26. The van der Waals surface area contributed by atoms with Gasteiger partial charge in [-0.2, -0.15) is 0 Å². The Hall–Kier alpha value is -2.82. The van der Waals surface area contributed by atoms with Crippen LogP contribution in [0.15, 0.2) is 89.5 Å². The van der Waals surface area contributed by atoms with Crippen molar-refractivity contribution in [1.82, 2.24) is 0 Å². The van der Waals surface area contributed by atoms with Crippen molar-refractivity contribution in [1.29, 1.82) is 0 Å². The zero-order valence-electron chi connectivity index (χ0n) is 15.9. The monoisotopic (exact) mass is 408 g/mol. The van der Waals surface area contributed by atoms with Crippen LogP contribution < -0.4 is 4.74 Å². The molecule has 0 aliphatic heterocycles. The van der Waals surface area contributed by atoms with E-state index in [1.165, 1.54) is 11.3 Å². The highest BCUT2D eigenvalue weighted by Gasteiger charge is 2.12. The molecule has 0 bridgehead atoms. The number of phenols is 1. The maximum atomic E-state index is 10.5. The molecule has 0 aliphatic carbocycles. The molecule has 5 heteroatoms. The minimum Gasteiger partial charge on any atom is -0.508 e. The van der Waals surface area contributed by atoms with E-state index in [0.717, 1.165) is 16.2 Å². The third kappa shape index (κ3) is 6.63. The van der Waals surface area contributed by atoms with Crippen molar-refractivity contribution in [3.63, 3.8) is 0 Å². The third-order valence-corrected chi connectivity index (χ3v) is 5.34. The smallest absolute Gasteiger partial charge is 0.119 e. The van der Waals surface area contributed by atoms with E-state index in [1.807, 2.05) is 47.8 Å². The molecule has 29 heavy (non-hydrogen) atoms. The van der Waals surface area contributed by atoms with Crippen LogP contribution in [0.3, 0.4) is 0 Å². The van der Waals surface area contributed by atoms with E-state index in [-0.39, 0.29) is 5.75 Å². The first-order valence-corrected chi connectivity index (χ1v) is 10.3. The van der Waals surface area contributed by atoms with Gasteiger partial charge in [-0.3, -0.25) is 0 Å². The predicted octanol–water partition coefficient (Wildman–Crippen LogP) is 5.16. The number of hydrogen-bond acceptors (Lipinski definition) is 5. The number of aliphatic hydroxyl groups is 2. The van der Waals surface area contributed by atoms with Gasteiger partial charge in [0.05, 0.1) is 12.2 Å². The van der Waals surface area contributed by atoms with Crippen molar-refractivity contribution in [2.24, 2.45) is 0 Å². The zero-order chi connectivity index (χ0) is 20.5. The van der Waals surface area contributed by atoms with Crippen molar-refractivity contribution in [2.75, 3.05) is 6.61 Å². The number of aromatic hydroxyl groups is 1. The first-order chi connectivity index (χ1) is 14.1. The van der Waals surface area contributed by atoms with E-state index in [0.29, 0.717) is 25.0 Å². The van der Waals surface area contributed by atoms with Crippen LogP contribution >= 0.6 is 11.3 Å². The van der Waals surface area contributed by atoms with Gasteiger partial charge >= 0.3 is 0 Å². The predicted molar refractivity (Wildman–Crippen MR) is 115 cm³/mol. The largest absolute Gasteiger partial charge is 0.508 e. The Kier molecular flexibility index (Phi) is 7.68. The minimum atomic E-state index is -0.742. The quantitative estimate of drug-likeness (QED) is 0.428. The summed E-state index contributed by atoms with van der Waals surface area (Å²) < 4.78 is 5.82. The Morgan fingerprint density at radius 2 is 1.83 bits per heavy atom. The van der Waals surface area contributed by atoms with Gasteiger partial charge in [-0.05, 0) is 47.4 Å². The molecule has 1 aromatic heterocycles. The molecule has 2 atom stereocenters. The lowest BCUT2D eigenvalue weighted by Gasteiger charge is -2.12. The minimum absolute atomic E-state index is 0.122. The van der Waals surface area contributed by atoms with Crippen LogP contribution in [0.2, 0.25) is 0 Å². The van der Waals surface area contributed by atoms with Crippen LogP contribution in [-0.4, -0.2) is 21.9 Å². The van der Waals surface area contributed by atoms with Gasteiger partial charge in [0.15, 0.2) is 0 Å². The number of aliphatic hydroxyl groups excluding tert-OH is 2. The highest BCUT2D eigenvalue weighted by molar-refractivity contribution is 7.10. The summed E-state index contributed by atoms with van der Waals surface area (Å²) in [7, 11) is 0. The lowest BCUT2D eigenvalue weighted by Crippen LogP contribution is -2.05. The van der Waals surface area contributed by atoms with Crippen molar-refractivity contribution >= 4 is 11.3 Å². The molecule has 0 saturated heterocycles. The maximum Gasteiger partial charge on any atom is 0.119 e. The number of ether oxygens (including phenoxy) is 1. The normalized spacial score (nSPS) is 12.6. The lowest BCUT2D eigenvalue weighted by atomic mass is 10.1. The summed E-state index contributed by atoms with van der Waals surface area (Å²) in [4.78, 5) is 0.892. The number of hydrogen-bond donors (Lipinski definition) is 3. The van der Waals surface area contributed by atoms with Gasteiger partial charge < -0.3 is 20.1 Å². The van der Waals surface area contributed by atoms with Crippen molar-refractivity contribution < 1.29 is 20.1 Å². The second kappa shape index (κ2) is 10.6. The van der Waals surface area contributed by atoms with Crippen LogP contribution in [0.4, 0.5) is 0 Å². The molecular formula is C24H24O4S. The molecule has 3 aromatic rings. The van der Waals surface area contributed by atoms with Gasteiger partial charge in [0.25, 0.3) is 0 Å². The summed E-state index contributed by atoms with van der Waals surface area (Å²) in [5, 5.41) is 32.3. The Morgan fingerprint density at radius 1 is 1.00 bits per heavy atom. The fourth-order valence-corrected chi connectivity index (χ4v) is 3.56. The van der Waals surface area contributed by atoms with Crippen LogP contribution in [0.25, 0.3) is 0 Å². The molecule has 0 unspecified atom stereocenters. The molecule has 0 fully saturated rings. The zero-order valence-corrected chi connectivity index (χ0v) is 16.8. The third-order valence-electron chi connectivity index (χ3n) is 4.37. The number of thiophene rings is 1. The first kappa shape index (κ1) is 20.9. The van der Waals surface area contributed by atoms with E-state index in [1.54, 1.807) is 30.3 Å². The van der Waals surface area contributed by atoms with Gasteiger partial charge in [0.2, 0.25) is 0 Å². The van der Waals surface area contributed by atoms with Gasteiger partial charge in [-0.15, -0.1) is 17.1 Å². The Labute approximate surface area is 174 Å². The van der Waals surface area contributed by atoms with Gasteiger partial charge in [-0.1, -0.05) is 36.4 Å². The van der Waals surface area contributed by atoms with Crippen molar-refractivity contribution in [3.05, 3.63) is 99.9 Å². The number of benzene rings is 2. The van der Waals surface area contributed by atoms with Crippen LogP contribution in [0.5, 0.6) is 11.5 Å². The van der Waals surface area contributed by atoms with Crippen LogP contribution in [0.1, 0.15) is 35.5 Å². The average Bonchev–Trinajstić information content (AvgIpc) is 3.27. The standard InChI is InChI=1S/C24H24O4S/c25-20-9-5-8-19(16-20)22(26)12-4-7-18(15-23(27)24-13-6-14-29-24)17-28-21-10-2-1-3-11-21/h1-6,8-11,13-14,16,22-23,25-27H,12,15,17H2/t7?,22-,23-/m1/s1. The average molecular weight is 409 g/mol. The highest BCUT2D eigenvalue weighted by atomic mass is 32.1. The molecular weight excluding hydrogens is 384 g/mol. The molecule has 0 amide bonds. The number of rotatable bonds is 9. The molecule has 2 aromatic carbocycles. The van der Waals surface area contributed by atoms with Crippen molar-refractivity contribution in [3.8, 4) is 11.5 Å². The lowest BCUT2D eigenvalue weighted by molar-refractivity contribution is 0.177. The molecule has 0 aliphatic rings. The maximum absolute atomic E-state index is 10.5. The molecule has 150 valence electrons. The number of phenolic OH excluding ortho intramolecular Hbond substituents is 1. The number of para-hydroxylation sites is 1. The van der Waals surface area contributed by atoms with E-state index < -0.39 is 12.2 Å². The second-order valence-corrected chi connectivity index (χ2v) is 7.61. The molecule has 3 rings (SSSR count). The summed E-state index contributed by atoms with van der Waals surface area (Å²) in [5.41, 5.74) is 4.63. The molecule has 4 nitrogen and oxygen atoms in total. The summed E-state index contributed by atoms with van der Waals surface area (Å²) >= 11 is 1.51. The fraction of sp³-hybridized carbons (Fsp3) is 0.208. The second-order valence-electron chi connectivity index (χ2n) is 6.64.